The molecule has 2 N–H and O–H groups in total. The summed E-state index contributed by atoms with van der Waals surface area (Å²) in [5, 5.41) is 13.8. The highest BCUT2D eigenvalue weighted by molar-refractivity contribution is 7.92. The third kappa shape index (κ3) is 4.48. The van der Waals surface area contributed by atoms with Gasteiger partial charge in [0, 0.05) is 12.1 Å². The number of rotatable bonds is 7. The summed E-state index contributed by atoms with van der Waals surface area (Å²) in [6.07, 6.45) is 0.272. The average molecular weight is 379 g/mol. The molecular weight excluding hydrogens is 362 g/mol. The second-order valence-electron chi connectivity index (χ2n) is 5.18. The Hall–Kier alpha value is -3.14. The van der Waals surface area contributed by atoms with Crippen molar-refractivity contribution in [2.24, 2.45) is 0 Å². The normalized spacial score (nSPS) is 10.8. The van der Waals surface area contributed by atoms with Crippen LogP contribution in [0.4, 0.5) is 17.1 Å². The monoisotopic (exact) mass is 379 g/mol. The highest BCUT2D eigenvalue weighted by atomic mass is 32.2. The van der Waals surface area contributed by atoms with Crippen LogP contribution < -0.4 is 14.8 Å². The molecule has 2 rings (SSSR count). The first-order chi connectivity index (χ1) is 12.3. The number of anilines is 2. The molecule has 0 saturated heterocycles. The van der Waals surface area contributed by atoms with Crippen LogP contribution in [0, 0.1) is 10.1 Å². The van der Waals surface area contributed by atoms with Crippen LogP contribution in [0.1, 0.15) is 13.3 Å². The molecule has 0 bridgehead atoms. The van der Waals surface area contributed by atoms with Crippen molar-refractivity contribution in [1.82, 2.24) is 0 Å². The summed E-state index contributed by atoms with van der Waals surface area (Å²) in [6, 6.07) is 9.48. The molecule has 26 heavy (non-hydrogen) atoms. The molecule has 0 saturated carbocycles. The number of hydrogen-bond acceptors (Lipinski definition) is 6. The van der Waals surface area contributed by atoms with Gasteiger partial charge in [-0.25, -0.2) is 8.42 Å². The number of ether oxygens (including phenoxy) is 1. The predicted octanol–water partition coefficient (Wildman–Crippen LogP) is 2.75. The number of carbonyl (C=O) groups is 1. The van der Waals surface area contributed by atoms with Crippen molar-refractivity contribution in [3.63, 3.8) is 0 Å². The molecule has 0 aliphatic heterocycles. The zero-order valence-electron chi connectivity index (χ0n) is 14.1. The lowest BCUT2D eigenvalue weighted by Gasteiger charge is -2.11. The van der Waals surface area contributed by atoms with Gasteiger partial charge in [0.1, 0.15) is 5.75 Å². The molecule has 0 spiro atoms. The van der Waals surface area contributed by atoms with E-state index in [1.807, 2.05) is 0 Å². The topological polar surface area (TPSA) is 128 Å². The second kappa shape index (κ2) is 7.83. The quantitative estimate of drug-likeness (QED) is 0.562. The van der Waals surface area contributed by atoms with Gasteiger partial charge in [0.2, 0.25) is 5.91 Å². The number of methoxy groups -OCH3 is 1. The molecule has 0 atom stereocenters. The number of carbonyl (C=O) groups excluding carboxylic acids is 1. The maximum absolute atomic E-state index is 12.6. The molecule has 0 heterocycles. The third-order valence-electron chi connectivity index (χ3n) is 3.37. The van der Waals surface area contributed by atoms with Gasteiger partial charge >= 0.3 is 0 Å². The van der Waals surface area contributed by atoms with Crippen molar-refractivity contribution >= 4 is 33.0 Å². The van der Waals surface area contributed by atoms with Crippen molar-refractivity contribution in [1.29, 1.82) is 0 Å². The van der Waals surface area contributed by atoms with E-state index in [1.54, 1.807) is 19.1 Å². The van der Waals surface area contributed by atoms with Crippen LogP contribution in [-0.4, -0.2) is 26.4 Å². The Bertz CT molecular complexity index is 943. The number of sulfonamides is 1. The molecule has 138 valence electrons. The number of nitrogens with zero attached hydrogens (tertiary/aromatic N) is 1. The van der Waals surface area contributed by atoms with Crippen LogP contribution in [0.15, 0.2) is 47.4 Å². The SMILES string of the molecule is CCC(=O)Nc1cccc(NS(=O)(=O)c2ccc(OC)cc2[N+](=O)[O-])c1. The number of hydrogen-bond donors (Lipinski definition) is 2. The van der Waals surface area contributed by atoms with E-state index in [0.717, 1.165) is 12.1 Å². The number of benzene rings is 2. The van der Waals surface area contributed by atoms with E-state index in [-0.39, 0.29) is 23.8 Å². The molecule has 1 amide bonds. The fraction of sp³-hybridized carbons (Fsp3) is 0.188. The van der Waals surface area contributed by atoms with Gasteiger partial charge in [0.25, 0.3) is 15.7 Å². The van der Waals surface area contributed by atoms with Crippen LogP contribution in [0.25, 0.3) is 0 Å². The summed E-state index contributed by atoms with van der Waals surface area (Å²) in [7, 11) is -2.90. The Morgan fingerprint density at radius 1 is 1.19 bits per heavy atom. The third-order valence-corrected chi connectivity index (χ3v) is 4.80. The van der Waals surface area contributed by atoms with Crippen molar-refractivity contribution in [2.75, 3.05) is 17.1 Å². The number of amides is 1. The van der Waals surface area contributed by atoms with Crippen LogP contribution in [0.2, 0.25) is 0 Å². The van der Waals surface area contributed by atoms with Crippen molar-refractivity contribution in [3.8, 4) is 5.75 Å². The summed E-state index contributed by atoms with van der Waals surface area (Å²) in [5.74, 6) is -0.0595. The van der Waals surface area contributed by atoms with Crippen LogP contribution in [0.5, 0.6) is 5.75 Å². The van der Waals surface area contributed by atoms with Crippen molar-refractivity contribution in [3.05, 3.63) is 52.6 Å². The Morgan fingerprint density at radius 2 is 1.88 bits per heavy atom. The van der Waals surface area contributed by atoms with E-state index in [0.29, 0.717) is 5.69 Å². The van der Waals surface area contributed by atoms with Gasteiger partial charge in [-0.1, -0.05) is 13.0 Å². The molecule has 0 aliphatic carbocycles. The summed E-state index contributed by atoms with van der Waals surface area (Å²) >= 11 is 0. The van der Waals surface area contributed by atoms with E-state index in [1.165, 1.54) is 25.3 Å². The minimum atomic E-state index is -4.22. The molecule has 9 nitrogen and oxygen atoms in total. The Morgan fingerprint density at radius 3 is 2.50 bits per heavy atom. The van der Waals surface area contributed by atoms with E-state index in [9.17, 15) is 23.3 Å². The summed E-state index contributed by atoms with van der Waals surface area (Å²) in [4.78, 5) is 21.4. The highest BCUT2D eigenvalue weighted by Crippen LogP contribution is 2.30. The largest absolute Gasteiger partial charge is 0.497 e. The van der Waals surface area contributed by atoms with Gasteiger partial charge < -0.3 is 10.1 Å². The molecule has 2 aromatic rings. The minimum Gasteiger partial charge on any atom is -0.497 e. The predicted molar refractivity (Wildman–Crippen MR) is 95.8 cm³/mol. The Balaban J connectivity index is 2.36. The Kier molecular flexibility index (Phi) is 5.78. The van der Waals surface area contributed by atoms with Gasteiger partial charge in [0.05, 0.1) is 23.8 Å². The molecule has 0 aliphatic rings. The first-order valence-corrected chi connectivity index (χ1v) is 9.00. The van der Waals surface area contributed by atoms with Crippen molar-refractivity contribution < 1.29 is 22.9 Å². The standard InChI is InChI=1S/C16H17N3O6S/c1-3-16(20)17-11-5-4-6-12(9-11)18-26(23,24)15-8-7-13(25-2)10-14(15)19(21)22/h4-10,18H,3H2,1-2H3,(H,17,20). The van der Waals surface area contributed by atoms with E-state index >= 15 is 0 Å². The van der Waals surface area contributed by atoms with Crippen LogP contribution in [0.3, 0.4) is 0 Å². The van der Waals surface area contributed by atoms with Gasteiger partial charge in [-0.3, -0.25) is 19.6 Å². The maximum atomic E-state index is 12.6. The molecule has 0 unspecified atom stereocenters. The molecular formula is C16H17N3O6S. The zero-order valence-corrected chi connectivity index (χ0v) is 14.9. The maximum Gasteiger partial charge on any atom is 0.293 e. The second-order valence-corrected chi connectivity index (χ2v) is 6.83. The summed E-state index contributed by atoms with van der Waals surface area (Å²) in [5.41, 5.74) is -0.0439. The fourth-order valence-corrected chi connectivity index (χ4v) is 3.32. The van der Waals surface area contributed by atoms with E-state index in [4.69, 9.17) is 4.74 Å². The van der Waals surface area contributed by atoms with Gasteiger partial charge in [-0.15, -0.1) is 0 Å². The number of nitrogens with one attached hydrogen (secondary N) is 2. The summed E-state index contributed by atoms with van der Waals surface area (Å²) in [6.45, 7) is 1.69. The lowest BCUT2D eigenvalue weighted by Crippen LogP contribution is -2.15. The molecule has 0 aromatic heterocycles. The molecule has 0 radical (unpaired) electrons. The van der Waals surface area contributed by atoms with E-state index < -0.39 is 25.5 Å². The zero-order chi connectivity index (χ0) is 19.3. The summed E-state index contributed by atoms with van der Waals surface area (Å²) < 4.78 is 32.3. The van der Waals surface area contributed by atoms with Gasteiger partial charge in [-0.2, -0.15) is 0 Å². The number of nitro benzene ring substituents is 1. The minimum absolute atomic E-state index is 0.156. The smallest absolute Gasteiger partial charge is 0.293 e. The molecule has 10 heteroatoms. The van der Waals surface area contributed by atoms with Gasteiger partial charge in [0.15, 0.2) is 4.90 Å². The lowest BCUT2D eigenvalue weighted by atomic mass is 10.3. The highest BCUT2D eigenvalue weighted by Gasteiger charge is 2.26. The lowest BCUT2D eigenvalue weighted by molar-refractivity contribution is -0.387. The Labute approximate surface area is 150 Å². The molecule has 2 aromatic carbocycles. The first-order valence-electron chi connectivity index (χ1n) is 7.52. The van der Waals surface area contributed by atoms with Crippen LogP contribution >= 0.6 is 0 Å². The van der Waals surface area contributed by atoms with E-state index in [2.05, 4.69) is 10.0 Å². The molecule has 0 fully saturated rings. The first kappa shape index (κ1) is 19.2. The number of nitro groups is 1. The average Bonchev–Trinajstić information content (AvgIpc) is 2.60. The van der Waals surface area contributed by atoms with Crippen LogP contribution in [-0.2, 0) is 14.8 Å². The van der Waals surface area contributed by atoms with Gasteiger partial charge in [-0.05, 0) is 30.3 Å². The van der Waals surface area contributed by atoms with Crippen molar-refractivity contribution in [2.45, 2.75) is 18.2 Å². The fourth-order valence-electron chi connectivity index (χ4n) is 2.11.